The zero-order chi connectivity index (χ0) is 35.6. The molecular formula is C38H47N5O7. The monoisotopic (exact) mass is 685 g/mol. The largest absolute Gasteiger partial charge is 0.497 e. The van der Waals surface area contributed by atoms with E-state index < -0.39 is 6.09 Å². The van der Waals surface area contributed by atoms with Gasteiger partial charge in [-0.2, -0.15) is 0 Å². The van der Waals surface area contributed by atoms with E-state index in [0.717, 1.165) is 61.4 Å². The maximum Gasteiger partial charge on any atom is 0.417 e. The van der Waals surface area contributed by atoms with E-state index in [4.69, 9.17) is 28.4 Å². The molecule has 0 saturated carbocycles. The lowest BCUT2D eigenvalue weighted by Gasteiger charge is -2.32. The SMILES string of the molecule is COc1cc(OC)c(NC(=O)Oc2ccnc(Nc3cc(OC)c(OCCCN4CCN(C)CC4)c(OC)c3)c2)c(-c2cccc(C)c2C)c1. The normalized spacial score (nSPS) is 13.3. The summed E-state index contributed by atoms with van der Waals surface area (Å²) in [5.74, 6) is 3.32. The topological polar surface area (TPSA) is 116 Å². The Morgan fingerprint density at radius 1 is 0.820 bits per heavy atom. The fourth-order valence-electron chi connectivity index (χ4n) is 5.81. The van der Waals surface area contributed by atoms with Crippen molar-refractivity contribution in [1.29, 1.82) is 0 Å². The van der Waals surface area contributed by atoms with Gasteiger partial charge in [-0.1, -0.05) is 18.2 Å². The number of rotatable bonds is 14. The van der Waals surface area contributed by atoms with E-state index in [9.17, 15) is 4.79 Å². The molecule has 0 aliphatic carbocycles. The highest BCUT2D eigenvalue weighted by Crippen LogP contribution is 2.43. The molecule has 0 unspecified atom stereocenters. The summed E-state index contributed by atoms with van der Waals surface area (Å²) in [7, 11) is 8.46. The highest BCUT2D eigenvalue weighted by atomic mass is 16.6. The molecule has 12 heteroatoms. The van der Waals surface area contributed by atoms with Crippen molar-refractivity contribution in [3.63, 3.8) is 0 Å². The number of carbonyl (C=O) groups excluding carboxylic acids is 1. The molecule has 12 nitrogen and oxygen atoms in total. The van der Waals surface area contributed by atoms with E-state index >= 15 is 0 Å². The van der Waals surface area contributed by atoms with Gasteiger partial charge in [-0.3, -0.25) is 5.32 Å². The lowest BCUT2D eigenvalue weighted by atomic mass is 9.95. The van der Waals surface area contributed by atoms with Gasteiger partial charge in [0.15, 0.2) is 11.5 Å². The third-order valence-corrected chi connectivity index (χ3v) is 8.79. The first-order valence-corrected chi connectivity index (χ1v) is 16.6. The smallest absolute Gasteiger partial charge is 0.417 e. The first-order valence-electron chi connectivity index (χ1n) is 16.6. The second kappa shape index (κ2) is 17.0. The molecule has 1 aliphatic rings. The summed E-state index contributed by atoms with van der Waals surface area (Å²) in [5, 5.41) is 6.14. The van der Waals surface area contributed by atoms with E-state index in [2.05, 4.69) is 32.5 Å². The van der Waals surface area contributed by atoms with E-state index in [1.165, 1.54) is 7.11 Å². The van der Waals surface area contributed by atoms with Gasteiger partial charge in [-0.25, -0.2) is 9.78 Å². The van der Waals surface area contributed by atoms with Gasteiger partial charge in [-0.05, 0) is 56.1 Å². The fraction of sp³-hybridized carbons (Fsp3) is 0.368. The Bertz CT molecular complexity index is 1750. The summed E-state index contributed by atoms with van der Waals surface area (Å²) >= 11 is 0. The molecule has 4 aromatic rings. The van der Waals surface area contributed by atoms with Gasteiger partial charge in [0.1, 0.15) is 23.1 Å². The summed E-state index contributed by atoms with van der Waals surface area (Å²) < 4.78 is 34.4. The number of nitrogens with zero attached hydrogens (tertiary/aromatic N) is 3. The number of benzene rings is 3. The number of pyridine rings is 1. The van der Waals surface area contributed by atoms with E-state index in [1.54, 1.807) is 45.7 Å². The number of methoxy groups -OCH3 is 4. The van der Waals surface area contributed by atoms with Gasteiger partial charge in [0.05, 0.1) is 40.7 Å². The number of amides is 1. The average Bonchev–Trinajstić information content (AvgIpc) is 3.12. The Labute approximate surface area is 294 Å². The highest BCUT2D eigenvalue weighted by molar-refractivity contribution is 5.96. The van der Waals surface area contributed by atoms with Crippen molar-refractivity contribution in [1.82, 2.24) is 14.8 Å². The maximum absolute atomic E-state index is 13.3. The highest BCUT2D eigenvalue weighted by Gasteiger charge is 2.20. The molecule has 5 rings (SSSR count). The second-order valence-electron chi connectivity index (χ2n) is 12.1. The molecule has 1 saturated heterocycles. The van der Waals surface area contributed by atoms with Crippen molar-refractivity contribution in [2.45, 2.75) is 20.3 Å². The minimum Gasteiger partial charge on any atom is -0.497 e. The van der Waals surface area contributed by atoms with Crippen LogP contribution in [-0.4, -0.2) is 95.7 Å². The van der Waals surface area contributed by atoms with Gasteiger partial charge < -0.3 is 43.5 Å². The molecule has 0 bridgehead atoms. The molecule has 1 aromatic heterocycles. The first-order chi connectivity index (χ1) is 24.2. The quantitative estimate of drug-likeness (QED) is 0.137. The number of anilines is 3. The van der Waals surface area contributed by atoms with Gasteiger partial charge in [0.25, 0.3) is 0 Å². The van der Waals surface area contributed by atoms with Crippen LogP contribution in [0.25, 0.3) is 11.1 Å². The summed E-state index contributed by atoms with van der Waals surface area (Å²) in [6, 6.07) is 16.4. The Balaban J connectivity index is 1.28. The number of hydrogen-bond acceptors (Lipinski definition) is 11. The maximum atomic E-state index is 13.3. The Morgan fingerprint density at radius 2 is 1.54 bits per heavy atom. The molecular weight excluding hydrogens is 638 g/mol. The van der Waals surface area contributed by atoms with Crippen LogP contribution in [0.5, 0.6) is 34.5 Å². The molecule has 266 valence electrons. The van der Waals surface area contributed by atoms with Gasteiger partial charge in [0, 0.05) is 74.4 Å². The van der Waals surface area contributed by atoms with Crippen LogP contribution in [0.15, 0.2) is 60.8 Å². The van der Waals surface area contributed by atoms with E-state index in [1.807, 2.05) is 50.2 Å². The van der Waals surface area contributed by atoms with Crippen LogP contribution in [0, 0.1) is 13.8 Å². The number of carbonyl (C=O) groups is 1. The summed E-state index contributed by atoms with van der Waals surface area (Å²) in [5.41, 5.74) is 4.96. The third kappa shape index (κ3) is 8.87. The zero-order valence-corrected chi connectivity index (χ0v) is 29.9. The number of likely N-dealkylation sites (N-methyl/N-ethyl adjacent to an activating group) is 1. The van der Waals surface area contributed by atoms with Crippen molar-refractivity contribution >= 4 is 23.3 Å². The molecule has 50 heavy (non-hydrogen) atoms. The minimum atomic E-state index is -0.699. The first kappa shape index (κ1) is 36.1. The summed E-state index contributed by atoms with van der Waals surface area (Å²) in [6.45, 7) is 9.89. The van der Waals surface area contributed by atoms with Crippen LogP contribution in [0.2, 0.25) is 0 Å². The number of aryl methyl sites for hydroxylation is 1. The molecule has 2 heterocycles. The predicted molar refractivity (Wildman–Crippen MR) is 195 cm³/mol. The average molecular weight is 686 g/mol. The molecule has 3 aromatic carbocycles. The van der Waals surface area contributed by atoms with Crippen LogP contribution in [0.3, 0.4) is 0 Å². The molecule has 1 aliphatic heterocycles. The van der Waals surface area contributed by atoms with Crippen LogP contribution in [0.4, 0.5) is 22.0 Å². The summed E-state index contributed by atoms with van der Waals surface area (Å²) in [4.78, 5) is 22.5. The molecule has 0 atom stereocenters. The Morgan fingerprint density at radius 3 is 2.22 bits per heavy atom. The van der Waals surface area contributed by atoms with Gasteiger partial charge >= 0.3 is 6.09 Å². The third-order valence-electron chi connectivity index (χ3n) is 8.79. The van der Waals surface area contributed by atoms with E-state index in [-0.39, 0.29) is 5.75 Å². The van der Waals surface area contributed by atoms with E-state index in [0.29, 0.717) is 52.5 Å². The Kier molecular flexibility index (Phi) is 12.2. The van der Waals surface area contributed by atoms with Crippen LogP contribution in [0.1, 0.15) is 17.5 Å². The van der Waals surface area contributed by atoms with Crippen LogP contribution in [-0.2, 0) is 0 Å². The molecule has 0 spiro atoms. The van der Waals surface area contributed by atoms with Crippen molar-refractivity contribution in [3.8, 4) is 45.6 Å². The Hall–Kier alpha value is -5.20. The lowest BCUT2D eigenvalue weighted by molar-refractivity contribution is 0.144. The van der Waals surface area contributed by atoms with Crippen LogP contribution >= 0.6 is 0 Å². The molecule has 0 radical (unpaired) electrons. The van der Waals surface area contributed by atoms with Crippen molar-refractivity contribution in [2.75, 3.05) is 85.5 Å². The summed E-state index contributed by atoms with van der Waals surface area (Å²) in [6.07, 6.45) is 1.74. The number of nitrogens with one attached hydrogen (secondary N) is 2. The molecule has 1 amide bonds. The number of hydrogen-bond donors (Lipinski definition) is 2. The van der Waals surface area contributed by atoms with Crippen molar-refractivity contribution in [2.24, 2.45) is 0 Å². The number of piperazine rings is 1. The molecule has 2 N–H and O–H groups in total. The lowest BCUT2D eigenvalue weighted by Crippen LogP contribution is -2.44. The predicted octanol–water partition coefficient (Wildman–Crippen LogP) is 6.77. The van der Waals surface area contributed by atoms with Crippen molar-refractivity contribution < 1.29 is 33.2 Å². The standard InChI is InChI=1S/C38H47N5O7/c1-25-10-8-11-30(26(25)2)31-22-29(45-4)23-32(46-5)36(31)41-38(44)50-28-12-13-39-35(24-28)40-27-20-33(47-6)37(34(21-27)48-7)49-19-9-14-43-17-15-42(3)16-18-43/h8,10-13,20-24H,9,14-19H2,1-7H3,(H,39,40)(H,41,44). The van der Waals surface area contributed by atoms with Crippen LogP contribution < -0.4 is 39.1 Å². The van der Waals surface area contributed by atoms with Gasteiger partial charge in [-0.15, -0.1) is 0 Å². The molecule has 1 fully saturated rings. The van der Waals surface area contributed by atoms with Gasteiger partial charge in [0.2, 0.25) is 5.75 Å². The zero-order valence-electron chi connectivity index (χ0n) is 29.9. The second-order valence-corrected chi connectivity index (χ2v) is 12.1. The fourth-order valence-corrected chi connectivity index (χ4v) is 5.81. The minimum absolute atomic E-state index is 0.278. The number of aromatic nitrogens is 1. The number of ether oxygens (including phenoxy) is 6. The van der Waals surface area contributed by atoms with Crippen molar-refractivity contribution in [3.05, 3.63) is 71.9 Å².